The number of hydrogen-bond acceptors (Lipinski definition) is 6. The van der Waals surface area contributed by atoms with Crippen LogP contribution in [-0.2, 0) is 13.0 Å². The molecule has 2 atom stereocenters. The molecule has 1 N–H and O–H groups in total. The lowest BCUT2D eigenvalue weighted by Gasteiger charge is -2.23. The Labute approximate surface area is 174 Å². The molecule has 3 aromatic rings. The minimum Gasteiger partial charge on any atom is -0.476 e. The molecule has 3 aromatic heterocycles. The van der Waals surface area contributed by atoms with Gasteiger partial charge in [-0.2, -0.15) is 4.98 Å². The van der Waals surface area contributed by atoms with Crippen LogP contribution in [0.2, 0.25) is 0 Å². The van der Waals surface area contributed by atoms with Crippen molar-refractivity contribution in [3.05, 3.63) is 41.2 Å². The van der Waals surface area contributed by atoms with Crippen molar-refractivity contribution >= 4 is 11.0 Å². The van der Waals surface area contributed by atoms with Crippen LogP contribution in [-0.4, -0.2) is 38.8 Å². The number of nitrogens with zero attached hydrogens (tertiary/aromatic N) is 4. The molecule has 0 aromatic carbocycles. The van der Waals surface area contributed by atoms with Gasteiger partial charge in [0, 0.05) is 41.7 Å². The summed E-state index contributed by atoms with van der Waals surface area (Å²) in [5, 5.41) is 4.38. The van der Waals surface area contributed by atoms with Crippen LogP contribution >= 0.6 is 0 Å². The number of rotatable bonds is 5. The number of pyridine rings is 1. The Morgan fingerprint density at radius 3 is 3.00 bits per heavy atom. The van der Waals surface area contributed by atoms with Crippen molar-refractivity contribution in [2.24, 2.45) is 0 Å². The fraction of sp³-hybridized carbons (Fsp3) is 0.500. The molecule has 1 saturated carbocycles. The van der Waals surface area contributed by atoms with E-state index in [9.17, 15) is 4.39 Å². The smallest absolute Gasteiger partial charge is 0.254 e. The fourth-order valence-electron chi connectivity index (χ4n) is 4.63. The van der Waals surface area contributed by atoms with Crippen molar-refractivity contribution in [1.29, 1.82) is 0 Å². The zero-order valence-corrected chi connectivity index (χ0v) is 17.3. The molecule has 2 aliphatic rings. The summed E-state index contributed by atoms with van der Waals surface area (Å²) in [5.41, 5.74) is 3.44. The summed E-state index contributed by atoms with van der Waals surface area (Å²) in [6, 6.07) is 2.39. The molecular formula is C22H26FN5O2. The summed E-state index contributed by atoms with van der Waals surface area (Å²) < 4.78 is 28.8. The number of ether oxygens (including phenoxy) is 2. The minimum atomic E-state index is -0.348. The fourth-order valence-corrected chi connectivity index (χ4v) is 4.63. The van der Waals surface area contributed by atoms with Gasteiger partial charge >= 0.3 is 0 Å². The second-order valence-electron chi connectivity index (χ2n) is 7.98. The molecular weight excluding hydrogens is 385 g/mol. The maximum absolute atomic E-state index is 14.8. The number of halogens is 1. The highest BCUT2D eigenvalue weighted by molar-refractivity contribution is 5.78. The van der Waals surface area contributed by atoms with Crippen LogP contribution in [0.5, 0.6) is 11.8 Å². The van der Waals surface area contributed by atoms with Crippen LogP contribution in [0.4, 0.5) is 4.39 Å². The van der Waals surface area contributed by atoms with E-state index in [1.807, 2.05) is 13.8 Å². The van der Waals surface area contributed by atoms with Gasteiger partial charge < -0.3 is 19.4 Å². The van der Waals surface area contributed by atoms with E-state index in [2.05, 4.69) is 37.1 Å². The zero-order valence-electron chi connectivity index (χ0n) is 17.3. The largest absolute Gasteiger partial charge is 0.476 e. The molecule has 0 radical (unpaired) electrons. The Bertz CT molecular complexity index is 1080. The molecule has 0 bridgehead atoms. The second-order valence-corrected chi connectivity index (χ2v) is 7.98. The summed E-state index contributed by atoms with van der Waals surface area (Å²) in [4.78, 5) is 13.2. The SMILES string of the molecule is CCOc1nc(OC2CCC(n3ccc4c(C)ncnc43)C2)c2c(c1F)CCNC2. The summed E-state index contributed by atoms with van der Waals surface area (Å²) in [7, 11) is 0. The number of nitrogens with one attached hydrogen (secondary N) is 1. The van der Waals surface area contributed by atoms with Crippen LogP contribution in [0.3, 0.4) is 0 Å². The standard InChI is InChI=1S/C22H26FN5O2/c1-3-29-22-19(23)17-6-8-24-11-18(17)21(27-22)30-15-5-4-14(10-15)28-9-7-16-13(2)25-12-26-20(16)28/h7,9,12,14-15,24H,3-6,8,10-11H2,1-2H3. The predicted molar refractivity (Wildman–Crippen MR) is 110 cm³/mol. The maximum atomic E-state index is 14.8. The van der Waals surface area contributed by atoms with Crippen LogP contribution in [0, 0.1) is 12.7 Å². The molecule has 5 rings (SSSR count). The molecule has 2 unspecified atom stereocenters. The van der Waals surface area contributed by atoms with Gasteiger partial charge in [-0.25, -0.2) is 14.4 Å². The van der Waals surface area contributed by atoms with E-state index in [-0.39, 0.29) is 17.8 Å². The monoisotopic (exact) mass is 411 g/mol. The first-order valence-corrected chi connectivity index (χ1v) is 10.6. The average Bonchev–Trinajstić information content (AvgIpc) is 3.39. The van der Waals surface area contributed by atoms with Crippen molar-refractivity contribution < 1.29 is 13.9 Å². The molecule has 0 amide bonds. The van der Waals surface area contributed by atoms with Gasteiger partial charge in [-0.1, -0.05) is 0 Å². The van der Waals surface area contributed by atoms with Crippen molar-refractivity contribution in [2.75, 3.05) is 13.2 Å². The van der Waals surface area contributed by atoms with E-state index in [0.29, 0.717) is 37.1 Å². The summed E-state index contributed by atoms with van der Waals surface area (Å²) >= 11 is 0. The predicted octanol–water partition coefficient (Wildman–Crippen LogP) is 3.49. The molecule has 30 heavy (non-hydrogen) atoms. The number of hydrogen-bond donors (Lipinski definition) is 1. The van der Waals surface area contributed by atoms with E-state index >= 15 is 0 Å². The first-order chi connectivity index (χ1) is 14.7. The topological polar surface area (TPSA) is 74.1 Å². The molecule has 7 nitrogen and oxygen atoms in total. The second kappa shape index (κ2) is 7.83. The molecule has 4 heterocycles. The molecule has 8 heteroatoms. The highest BCUT2D eigenvalue weighted by Crippen LogP contribution is 2.37. The molecule has 158 valence electrons. The first kappa shape index (κ1) is 19.2. The number of aromatic nitrogens is 4. The summed E-state index contributed by atoms with van der Waals surface area (Å²) in [6.07, 6.45) is 7.12. The van der Waals surface area contributed by atoms with Gasteiger partial charge in [-0.3, -0.25) is 0 Å². The van der Waals surface area contributed by atoms with Gasteiger partial charge in [0.15, 0.2) is 5.82 Å². The van der Waals surface area contributed by atoms with Crippen LogP contribution in [0.15, 0.2) is 18.6 Å². The molecule has 1 aliphatic carbocycles. The van der Waals surface area contributed by atoms with Gasteiger partial charge in [-0.05, 0) is 45.7 Å². The van der Waals surface area contributed by atoms with Crippen molar-refractivity contribution in [3.63, 3.8) is 0 Å². The van der Waals surface area contributed by atoms with E-state index in [4.69, 9.17) is 9.47 Å². The van der Waals surface area contributed by atoms with Gasteiger partial charge in [0.1, 0.15) is 18.1 Å². The lowest BCUT2D eigenvalue weighted by Crippen LogP contribution is -2.27. The zero-order chi connectivity index (χ0) is 20.7. The third-order valence-corrected chi connectivity index (χ3v) is 6.15. The molecule has 1 aliphatic heterocycles. The average molecular weight is 411 g/mol. The van der Waals surface area contributed by atoms with Crippen molar-refractivity contribution in [2.45, 2.75) is 58.2 Å². The van der Waals surface area contributed by atoms with E-state index in [1.165, 1.54) is 0 Å². The molecule has 0 saturated heterocycles. The molecule has 0 spiro atoms. The van der Waals surface area contributed by atoms with E-state index in [0.717, 1.165) is 48.1 Å². The quantitative estimate of drug-likeness (QED) is 0.693. The minimum absolute atomic E-state index is 0.0221. The Morgan fingerprint density at radius 1 is 1.23 bits per heavy atom. The van der Waals surface area contributed by atoms with E-state index in [1.54, 1.807) is 6.33 Å². The Morgan fingerprint density at radius 2 is 2.13 bits per heavy atom. The molecule has 1 fully saturated rings. The summed E-state index contributed by atoms with van der Waals surface area (Å²) in [6.45, 7) is 5.51. The third kappa shape index (κ3) is 3.29. The van der Waals surface area contributed by atoms with Gasteiger partial charge in [0.05, 0.1) is 12.3 Å². The van der Waals surface area contributed by atoms with Gasteiger partial charge in [0.2, 0.25) is 5.88 Å². The maximum Gasteiger partial charge on any atom is 0.254 e. The highest BCUT2D eigenvalue weighted by atomic mass is 19.1. The van der Waals surface area contributed by atoms with Crippen molar-refractivity contribution in [3.8, 4) is 11.8 Å². The van der Waals surface area contributed by atoms with Gasteiger partial charge in [-0.15, -0.1) is 0 Å². The first-order valence-electron chi connectivity index (χ1n) is 10.6. The lowest BCUT2D eigenvalue weighted by atomic mass is 10.0. The van der Waals surface area contributed by atoms with Crippen molar-refractivity contribution in [1.82, 2.24) is 24.8 Å². The Balaban J connectivity index is 1.39. The Kier molecular flexibility index (Phi) is 5.02. The third-order valence-electron chi connectivity index (χ3n) is 6.15. The van der Waals surface area contributed by atoms with Crippen LogP contribution < -0.4 is 14.8 Å². The Hall–Kier alpha value is -2.74. The van der Waals surface area contributed by atoms with E-state index < -0.39 is 0 Å². The van der Waals surface area contributed by atoms with Crippen LogP contribution in [0.25, 0.3) is 11.0 Å². The lowest BCUT2D eigenvalue weighted by molar-refractivity contribution is 0.188. The normalized spacial score (nSPS) is 21.0. The van der Waals surface area contributed by atoms with Crippen LogP contribution in [0.1, 0.15) is 49.0 Å². The number of aryl methyl sites for hydroxylation is 1. The highest BCUT2D eigenvalue weighted by Gasteiger charge is 2.31. The number of fused-ring (bicyclic) bond motifs is 2. The summed E-state index contributed by atoms with van der Waals surface area (Å²) in [5.74, 6) is 0.202. The van der Waals surface area contributed by atoms with Gasteiger partial charge in [0.25, 0.3) is 5.88 Å².